The third-order valence-corrected chi connectivity index (χ3v) is 4.59. The summed E-state index contributed by atoms with van der Waals surface area (Å²) >= 11 is 1.87. The summed E-state index contributed by atoms with van der Waals surface area (Å²) in [5, 5.41) is 2.60. The highest BCUT2D eigenvalue weighted by molar-refractivity contribution is 14.1. The Kier molecular flexibility index (Phi) is 5.11. The summed E-state index contributed by atoms with van der Waals surface area (Å²) in [5.74, 6) is -2.90. The molecule has 2 unspecified atom stereocenters. The Bertz CT molecular complexity index is 532. The standard InChI is InChI=1S/C14H14F4INO/c15-10-4-5-12(11(19)7-10)20-13(21)8-2-1-3-9(6-8)14(16,17)18/h4-5,7-9H,1-3,6H2,(H,20,21). The van der Waals surface area contributed by atoms with Crippen molar-refractivity contribution in [1.29, 1.82) is 0 Å². The summed E-state index contributed by atoms with van der Waals surface area (Å²) in [4.78, 5) is 12.1. The van der Waals surface area contributed by atoms with Crippen molar-refractivity contribution in [2.75, 3.05) is 5.32 Å². The molecule has 2 atom stereocenters. The highest BCUT2D eigenvalue weighted by Crippen LogP contribution is 2.40. The minimum absolute atomic E-state index is 0.0847. The Morgan fingerprint density at radius 3 is 2.62 bits per heavy atom. The number of alkyl halides is 3. The van der Waals surface area contributed by atoms with E-state index in [1.165, 1.54) is 18.2 Å². The molecule has 0 saturated heterocycles. The normalized spacial score (nSPS) is 22.9. The smallest absolute Gasteiger partial charge is 0.325 e. The van der Waals surface area contributed by atoms with Crippen molar-refractivity contribution in [3.05, 3.63) is 27.6 Å². The molecule has 0 aromatic heterocycles. The topological polar surface area (TPSA) is 29.1 Å². The maximum Gasteiger partial charge on any atom is 0.391 e. The Hall–Kier alpha value is -0.860. The van der Waals surface area contributed by atoms with Gasteiger partial charge in [-0.1, -0.05) is 6.42 Å². The Morgan fingerprint density at radius 2 is 2.00 bits per heavy atom. The minimum atomic E-state index is -4.25. The average molecular weight is 415 g/mol. The van der Waals surface area contributed by atoms with Gasteiger partial charge in [0.05, 0.1) is 11.6 Å². The van der Waals surface area contributed by atoms with Gasteiger partial charge in [-0.2, -0.15) is 13.2 Å². The van der Waals surface area contributed by atoms with Gasteiger partial charge in [0.1, 0.15) is 5.82 Å². The SMILES string of the molecule is O=C(Nc1ccc(F)cc1I)C1CCCC(C(F)(F)F)C1. The lowest BCUT2D eigenvalue weighted by Crippen LogP contribution is -2.34. The van der Waals surface area contributed by atoms with Gasteiger partial charge in [0.25, 0.3) is 0 Å². The lowest BCUT2D eigenvalue weighted by Gasteiger charge is -2.29. The molecule has 1 aliphatic rings. The highest BCUT2D eigenvalue weighted by Gasteiger charge is 2.43. The molecule has 21 heavy (non-hydrogen) atoms. The maximum absolute atomic E-state index is 13.0. The second-order valence-corrected chi connectivity index (χ2v) is 6.38. The molecule has 7 heteroatoms. The number of anilines is 1. The monoisotopic (exact) mass is 415 g/mol. The number of amides is 1. The van der Waals surface area contributed by atoms with Crippen LogP contribution in [-0.2, 0) is 4.79 Å². The van der Waals surface area contributed by atoms with Crippen molar-refractivity contribution >= 4 is 34.2 Å². The number of hydrogen-bond donors (Lipinski definition) is 1. The molecule has 2 rings (SSSR count). The van der Waals surface area contributed by atoms with Crippen LogP contribution in [0, 0.1) is 21.2 Å². The molecule has 0 radical (unpaired) electrons. The summed E-state index contributed by atoms with van der Waals surface area (Å²) in [6, 6.07) is 3.88. The molecule has 0 heterocycles. The second-order valence-electron chi connectivity index (χ2n) is 5.22. The van der Waals surface area contributed by atoms with Crippen molar-refractivity contribution in [2.45, 2.75) is 31.9 Å². The van der Waals surface area contributed by atoms with Gasteiger partial charge in [0.2, 0.25) is 5.91 Å². The van der Waals surface area contributed by atoms with Crippen LogP contribution >= 0.6 is 22.6 Å². The molecule has 0 bridgehead atoms. The molecule has 2 nitrogen and oxygen atoms in total. The van der Waals surface area contributed by atoms with E-state index in [-0.39, 0.29) is 12.8 Å². The van der Waals surface area contributed by atoms with Crippen molar-refractivity contribution in [3.8, 4) is 0 Å². The zero-order valence-electron chi connectivity index (χ0n) is 11.0. The lowest BCUT2D eigenvalue weighted by atomic mass is 9.80. The van der Waals surface area contributed by atoms with E-state index in [9.17, 15) is 22.4 Å². The predicted octanol–water partition coefficient (Wildman–Crippen LogP) is 4.74. The summed E-state index contributed by atoms with van der Waals surface area (Å²) in [5.41, 5.74) is 0.427. The lowest BCUT2D eigenvalue weighted by molar-refractivity contribution is -0.185. The molecule has 1 aromatic carbocycles. The van der Waals surface area contributed by atoms with Gasteiger partial charge in [0.15, 0.2) is 0 Å². The summed E-state index contributed by atoms with van der Waals surface area (Å²) in [6.45, 7) is 0. The van der Waals surface area contributed by atoms with Crippen LogP contribution < -0.4 is 5.32 Å². The van der Waals surface area contributed by atoms with E-state index in [1.54, 1.807) is 0 Å². The van der Waals surface area contributed by atoms with Crippen LogP contribution in [0.4, 0.5) is 23.2 Å². The van der Waals surface area contributed by atoms with Crippen LogP contribution in [0.25, 0.3) is 0 Å². The van der Waals surface area contributed by atoms with Crippen molar-refractivity contribution < 1.29 is 22.4 Å². The van der Waals surface area contributed by atoms with E-state index in [0.717, 1.165) is 0 Å². The number of rotatable bonds is 2. The molecule has 116 valence electrons. The first-order valence-electron chi connectivity index (χ1n) is 6.60. The minimum Gasteiger partial charge on any atom is -0.325 e. The first-order valence-corrected chi connectivity index (χ1v) is 7.68. The van der Waals surface area contributed by atoms with E-state index < -0.39 is 29.7 Å². The number of hydrogen-bond acceptors (Lipinski definition) is 1. The number of benzene rings is 1. The van der Waals surface area contributed by atoms with Crippen LogP contribution in [0.3, 0.4) is 0 Å². The number of halogens is 5. The quantitative estimate of drug-likeness (QED) is 0.549. The van der Waals surface area contributed by atoms with Crippen LogP contribution in [0.5, 0.6) is 0 Å². The Morgan fingerprint density at radius 1 is 1.29 bits per heavy atom. The maximum atomic E-state index is 13.0. The van der Waals surface area contributed by atoms with Gasteiger partial charge in [0, 0.05) is 9.49 Å². The van der Waals surface area contributed by atoms with E-state index in [0.29, 0.717) is 22.1 Å². The molecule has 1 aliphatic carbocycles. The molecule has 1 saturated carbocycles. The molecule has 0 spiro atoms. The number of carbonyl (C=O) groups excluding carboxylic acids is 1. The first kappa shape index (κ1) is 16.5. The molecule has 1 amide bonds. The molecule has 0 aliphatic heterocycles. The summed E-state index contributed by atoms with van der Waals surface area (Å²) in [7, 11) is 0. The van der Waals surface area contributed by atoms with Crippen LogP contribution in [0.2, 0.25) is 0 Å². The van der Waals surface area contributed by atoms with Crippen LogP contribution in [0.1, 0.15) is 25.7 Å². The van der Waals surface area contributed by atoms with Gasteiger partial charge in [-0.15, -0.1) is 0 Å². The van der Waals surface area contributed by atoms with Gasteiger partial charge in [-0.25, -0.2) is 4.39 Å². The zero-order chi connectivity index (χ0) is 15.6. The highest BCUT2D eigenvalue weighted by atomic mass is 127. The Balaban J connectivity index is 2.03. The number of nitrogens with one attached hydrogen (secondary N) is 1. The van der Waals surface area contributed by atoms with Crippen molar-refractivity contribution in [3.63, 3.8) is 0 Å². The summed E-state index contributed by atoms with van der Waals surface area (Å²) < 4.78 is 51.7. The van der Waals surface area contributed by atoms with Crippen LogP contribution in [0.15, 0.2) is 18.2 Å². The number of carbonyl (C=O) groups is 1. The van der Waals surface area contributed by atoms with Gasteiger partial charge >= 0.3 is 6.18 Å². The largest absolute Gasteiger partial charge is 0.391 e. The van der Waals surface area contributed by atoms with Gasteiger partial charge in [-0.05, 0) is 60.1 Å². The van der Waals surface area contributed by atoms with E-state index in [4.69, 9.17) is 0 Å². The van der Waals surface area contributed by atoms with E-state index in [2.05, 4.69) is 5.32 Å². The fourth-order valence-corrected chi connectivity index (χ4v) is 3.16. The molecular weight excluding hydrogens is 401 g/mol. The first-order chi connectivity index (χ1) is 9.77. The van der Waals surface area contributed by atoms with Crippen LogP contribution in [-0.4, -0.2) is 12.1 Å². The molecule has 1 N–H and O–H groups in total. The molecule has 1 fully saturated rings. The van der Waals surface area contributed by atoms with E-state index in [1.807, 2.05) is 22.6 Å². The van der Waals surface area contributed by atoms with E-state index >= 15 is 0 Å². The van der Waals surface area contributed by atoms with Crippen molar-refractivity contribution in [1.82, 2.24) is 0 Å². The third kappa shape index (κ3) is 4.31. The Labute approximate surface area is 133 Å². The fourth-order valence-electron chi connectivity index (χ4n) is 2.55. The van der Waals surface area contributed by atoms with Gasteiger partial charge in [-0.3, -0.25) is 4.79 Å². The van der Waals surface area contributed by atoms with Crippen molar-refractivity contribution in [2.24, 2.45) is 11.8 Å². The average Bonchev–Trinajstić information content (AvgIpc) is 2.41. The molecular formula is C14H14F4INO. The second kappa shape index (κ2) is 6.50. The summed E-state index contributed by atoms with van der Waals surface area (Å²) in [6.07, 6.45) is -3.49. The third-order valence-electron chi connectivity index (χ3n) is 3.70. The fraction of sp³-hybridized carbons (Fsp3) is 0.500. The predicted molar refractivity (Wildman–Crippen MR) is 79.2 cm³/mol. The zero-order valence-corrected chi connectivity index (χ0v) is 13.2. The molecule has 1 aromatic rings. The van der Waals surface area contributed by atoms with Gasteiger partial charge < -0.3 is 5.32 Å².